The van der Waals surface area contributed by atoms with Gasteiger partial charge in [-0.25, -0.2) is 4.39 Å². The Hall–Kier alpha value is -2.47. The Labute approximate surface area is 146 Å². The third kappa shape index (κ3) is 4.14. The van der Waals surface area contributed by atoms with Crippen molar-refractivity contribution in [1.29, 1.82) is 0 Å². The molecule has 0 spiro atoms. The van der Waals surface area contributed by atoms with E-state index in [1.807, 2.05) is 12.1 Å². The van der Waals surface area contributed by atoms with Crippen LogP contribution in [0.2, 0.25) is 0 Å². The van der Waals surface area contributed by atoms with Gasteiger partial charge in [-0.05, 0) is 49.6 Å². The number of benzene rings is 1. The lowest BCUT2D eigenvalue weighted by molar-refractivity contribution is 0.0893. The molecule has 0 unspecified atom stereocenters. The van der Waals surface area contributed by atoms with Crippen LogP contribution in [0.5, 0.6) is 5.75 Å². The van der Waals surface area contributed by atoms with E-state index in [0.29, 0.717) is 6.04 Å². The maximum absolute atomic E-state index is 13.0. The fourth-order valence-electron chi connectivity index (χ4n) is 3.24. The van der Waals surface area contributed by atoms with Crippen LogP contribution in [0, 0.1) is 5.82 Å². The van der Waals surface area contributed by atoms with Gasteiger partial charge in [0.1, 0.15) is 11.6 Å². The molecule has 1 fully saturated rings. The molecule has 1 aliphatic rings. The van der Waals surface area contributed by atoms with Gasteiger partial charge in [0.25, 0.3) is 5.91 Å². The second-order valence-electron chi connectivity index (χ2n) is 6.40. The van der Waals surface area contributed by atoms with Crippen LogP contribution in [-0.2, 0) is 0 Å². The number of carbonyl (C=O) groups is 1. The fourth-order valence-corrected chi connectivity index (χ4v) is 3.24. The lowest BCUT2D eigenvalue weighted by Crippen LogP contribution is -2.45. The van der Waals surface area contributed by atoms with E-state index in [0.717, 1.165) is 32.0 Å². The van der Waals surface area contributed by atoms with Gasteiger partial charge in [0, 0.05) is 43.6 Å². The lowest BCUT2D eigenvalue weighted by Gasteiger charge is -2.36. The molecule has 2 heterocycles. The van der Waals surface area contributed by atoms with Crippen molar-refractivity contribution < 1.29 is 14.3 Å². The molecule has 3 rings (SSSR count). The molecule has 0 radical (unpaired) electrons. The quantitative estimate of drug-likeness (QED) is 0.896. The highest BCUT2D eigenvalue weighted by atomic mass is 19.1. The predicted octanol–water partition coefficient (Wildman–Crippen LogP) is 2.88. The topological polar surface area (TPSA) is 65.5 Å². The zero-order valence-electron chi connectivity index (χ0n) is 14.2. The molecule has 2 aromatic rings. The average Bonchev–Trinajstić information content (AvgIpc) is 2.62. The molecule has 0 aliphatic carbocycles. The van der Waals surface area contributed by atoms with Gasteiger partial charge < -0.3 is 10.4 Å². The molecule has 1 aliphatic heterocycles. The van der Waals surface area contributed by atoms with Gasteiger partial charge >= 0.3 is 0 Å². The van der Waals surface area contributed by atoms with E-state index < -0.39 is 5.82 Å². The fraction of sp³-hybridized carbons (Fsp3) is 0.368. The molecule has 1 aromatic heterocycles. The highest BCUT2D eigenvalue weighted by Gasteiger charge is 2.25. The smallest absolute Gasteiger partial charge is 0.255 e. The second kappa shape index (κ2) is 7.61. The van der Waals surface area contributed by atoms with E-state index in [-0.39, 0.29) is 23.3 Å². The van der Waals surface area contributed by atoms with Crippen molar-refractivity contribution in [2.45, 2.75) is 31.8 Å². The SMILES string of the molecule is C[C@@H](c1ccncc1)N1CCC(NC(=O)c2ccc(F)cc2O)CC1. The first kappa shape index (κ1) is 17.4. The third-order valence-corrected chi connectivity index (χ3v) is 4.81. The largest absolute Gasteiger partial charge is 0.507 e. The minimum absolute atomic E-state index is 0.0536. The van der Waals surface area contributed by atoms with Crippen LogP contribution in [0.25, 0.3) is 0 Å². The lowest BCUT2D eigenvalue weighted by atomic mass is 10.0. The predicted molar refractivity (Wildman–Crippen MR) is 92.8 cm³/mol. The number of phenols is 1. The summed E-state index contributed by atoms with van der Waals surface area (Å²) >= 11 is 0. The molecule has 0 saturated carbocycles. The van der Waals surface area contributed by atoms with Gasteiger partial charge in [-0.2, -0.15) is 0 Å². The molecule has 25 heavy (non-hydrogen) atoms. The third-order valence-electron chi connectivity index (χ3n) is 4.81. The Kier molecular flexibility index (Phi) is 5.28. The minimum atomic E-state index is -0.563. The highest BCUT2D eigenvalue weighted by molar-refractivity contribution is 5.96. The molecule has 6 heteroatoms. The number of rotatable bonds is 4. The van der Waals surface area contributed by atoms with E-state index in [1.165, 1.54) is 17.7 Å². The van der Waals surface area contributed by atoms with Crippen LogP contribution in [0.4, 0.5) is 4.39 Å². The Bertz CT molecular complexity index is 731. The number of aromatic nitrogens is 1. The number of likely N-dealkylation sites (tertiary alicyclic amines) is 1. The number of halogens is 1. The molecule has 1 aromatic carbocycles. The zero-order valence-corrected chi connectivity index (χ0v) is 14.2. The Morgan fingerprint density at radius 3 is 2.60 bits per heavy atom. The summed E-state index contributed by atoms with van der Waals surface area (Å²) in [6.45, 7) is 3.93. The summed E-state index contributed by atoms with van der Waals surface area (Å²) in [4.78, 5) is 18.7. The number of hydrogen-bond acceptors (Lipinski definition) is 4. The van der Waals surface area contributed by atoms with E-state index in [1.54, 1.807) is 12.4 Å². The first-order valence-electron chi connectivity index (χ1n) is 8.48. The summed E-state index contributed by atoms with van der Waals surface area (Å²) < 4.78 is 13.0. The van der Waals surface area contributed by atoms with Crippen LogP contribution in [0.15, 0.2) is 42.7 Å². The van der Waals surface area contributed by atoms with Gasteiger partial charge in [0.15, 0.2) is 0 Å². The Morgan fingerprint density at radius 2 is 1.96 bits per heavy atom. The molecular formula is C19H22FN3O2. The molecule has 1 amide bonds. The van der Waals surface area contributed by atoms with Gasteiger partial charge in [-0.1, -0.05) is 0 Å². The van der Waals surface area contributed by atoms with Crippen molar-refractivity contribution in [2.24, 2.45) is 0 Å². The van der Waals surface area contributed by atoms with Gasteiger partial charge in [-0.15, -0.1) is 0 Å². The van der Waals surface area contributed by atoms with E-state index >= 15 is 0 Å². The number of nitrogens with one attached hydrogen (secondary N) is 1. The van der Waals surface area contributed by atoms with Crippen LogP contribution in [-0.4, -0.2) is 40.0 Å². The van der Waals surface area contributed by atoms with Crippen LogP contribution < -0.4 is 5.32 Å². The summed E-state index contributed by atoms with van der Waals surface area (Å²) in [6.07, 6.45) is 5.27. The number of phenolic OH excluding ortho intramolecular Hbond substituents is 1. The van der Waals surface area contributed by atoms with Crippen molar-refractivity contribution in [1.82, 2.24) is 15.2 Å². The normalized spacial score (nSPS) is 17.2. The molecule has 1 saturated heterocycles. The van der Waals surface area contributed by atoms with Gasteiger partial charge in [0.05, 0.1) is 5.56 Å². The summed E-state index contributed by atoms with van der Waals surface area (Å²) in [5.74, 6) is -1.26. The summed E-state index contributed by atoms with van der Waals surface area (Å²) in [6, 6.07) is 7.84. The monoisotopic (exact) mass is 343 g/mol. The second-order valence-corrected chi connectivity index (χ2v) is 6.40. The number of pyridine rings is 1. The maximum Gasteiger partial charge on any atom is 0.255 e. The molecule has 1 atom stereocenters. The maximum atomic E-state index is 13.0. The highest BCUT2D eigenvalue weighted by Crippen LogP contribution is 2.24. The summed E-state index contributed by atoms with van der Waals surface area (Å²) in [5.41, 5.74) is 1.34. The standard InChI is InChI=1S/C19H22FN3O2/c1-13(14-4-8-21-9-5-14)23-10-6-16(7-11-23)22-19(25)17-3-2-15(20)12-18(17)24/h2-5,8-9,12-13,16,24H,6-7,10-11H2,1H3,(H,22,25)/t13-/m0/s1. The van der Waals surface area contributed by atoms with Crippen molar-refractivity contribution in [2.75, 3.05) is 13.1 Å². The zero-order chi connectivity index (χ0) is 17.8. The summed E-state index contributed by atoms with van der Waals surface area (Å²) in [5, 5.41) is 12.7. The van der Waals surface area contributed by atoms with Gasteiger partial charge in [0.2, 0.25) is 0 Å². The van der Waals surface area contributed by atoms with E-state index in [4.69, 9.17) is 0 Å². The Balaban J connectivity index is 1.55. The summed E-state index contributed by atoms with van der Waals surface area (Å²) in [7, 11) is 0. The van der Waals surface area contributed by atoms with Crippen LogP contribution in [0.1, 0.15) is 41.7 Å². The van der Waals surface area contributed by atoms with E-state index in [2.05, 4.69) is 22.1 Å². The molecule has 0 bridgehead atoms. The van der Waals surface area contributed by atoms with Crippen molar-refractivity contribution in [3.8, 4) is 5.75 Å². The molecule has 2 N–H and O–H groups in total. The van der Waals surface area contributed by atoms with Crippen molar-refractivity contribution in [3.63, 3.8) is 0 Å². The number of piperidine rings is 1. The van der Waals surface area contributed by atoms with Crippen LogP contribution in [0.3, 0.4) is 0 Å². The molecule has 132 valence electrons. The molecule has 5 nitrogen and oxygen atoms in total. The van der Waals surface area contributed by atoms with Crippen molar-refractivity contribution >= 4 is 5.91 Å². The average molecular weight is 343 g/mol. The first-order valence-corrected chi connectivity index (χ1v) is 8.48. The Morgan fingerprint density at radius 1 is 1.28 bits per heavy atom. The minimum Gasteiger partial charge on any atom is -0.507 e. The number of amides is 1. The number of hydrogen-bond donors (Lipinski definition) is 2. The van der Waals surface area contributed by atoms with Crippen molar-refractivity contribution in [3.05, 3.63) is 59.7 Å². The molecular weight excluding hydrogens is 321 g/mol. The van der Waals surface area contributed by atoms with E-state index in [9.17, 15) is 14.3 Å². The number of carbonyl (C=O) groups excluding carboxylic acids is 1. The number of nitrogens with zero attached hydrogens (tertiary/aromatic N) is 2. The van der Waals surface area contributed by atoms with Gasteiger partial charge in [-0.3, -0.25) is 14.7 Å². The first-order chi connectivity index (χ1) is 12.0. The number of aromatic hydroxyl groups is 1. The van der Waals surface area contributed by atoms with Crippen LogP contribution >= 0.6 is 0 Å².